The smallest absolute Gasteiger partial charge is 0.321 e. The maximum atomic E-state index is 12.3. The number of amides is 3. The van der Waals surface area contributed by atoms with Crippen LogP contribution in [0.4, 0.5) is 4.79 Å². The minimum Gasteiger partial charge on any atom is -0.338 e. The number of nitrogens with one attached hydrogen (secondary N) is 2. The molecule has 0 bridgehead atoms. The van der Waals surface area contributed by atoms with Gasteiger partial charge in [0.25, 0.3) is 5.56 Å². The van der Waals surface area contributed by atoms with Crippen LogP contribution < -0.4 is 16.2 Å². The van der Waals surface area contributed by atoms with Crippen molar-refractivity contribution in [2.24, 2.45) is 0 Å². The van der Waals surface area contributed by atoms with Gasteiger partial charge in [-0.15, -0.1) is 11.3 Å². The lowest BCUT2D eigenvalue weighted by atomic mass is 10.3. The van der Waals surface area contributed by atoms with Gasteiger partial charge in [0.2, 0.25) is 5.91 Å². The lowest BCUT2D eigenvalue weighted by Gasteiger charge is -2.06. The number of imide groups is 1. The monoisotopic (exact) mass is 308 g/mol. The summed E-state index contributed by atoms with van der Waals surface area (Å²) in [5.74, 6) is -0.560. The SMILES string of the molecule is CCNC(=O)NC(=O)Cn1cnc2sc(CC)cc2c1=O. The summed E-state index contributed by atoms with van der Waals surface area (Å²) in [6.07, 6.45) is 2.16. The molecule has 7 nitrogen and oxygen atoms in total. The largest absolute Gasteiger partial charge is 0.338 e. The first-order valence-electron chi connectivity index (χ1n) is 6.60. The summed E-state index contributed by atoms with van der Waals surface area (Å²) in [6, 6.07) is 1.22. The Labute approximate surface area is 125 Å². The van der Waals surface area contributed by atoms with E-state index in [2.05, 4.69) is 15.6 Å². The molecule has 0 aliphatic heterocycles. The summed E-state index contributed by atoms with van der Waals surface area (Å²) in [5, 5.41) is 5.10. The maximum absolute atomic E-state index is 12.3. The van der Waals surface area contributed by atoms with E-state index in [0.717, 1.165) is 11.3 Å². The van der Waals surface area contributed by atoms with Crippen LogP contribution in [0.15, 0.2) is 17.2 Å². The zero-order chi connectivity index (χ0) is 15.4. The van der Waals surface area contributed by atoms with Crippen molar-refractivity contribution in [3.05, 3.63) is 27.6 Å². The van der Waals surface area contributed by atoms with Crippen LogP contribution in [0.5, 0.6) is 0 Å². The number of fused-ring (bicyclic) bond motifs is 1. The van der Waals surface area contributed by atoms with E-state index in [9.17, 15) is 14.4 Å². The van der Waals surface area contributed by atoms with Gasteiger partial charge in [0.15, 0.2) is 0 Å². The van der Waals surface area contributed by atoms with Crippen LogP contribution in [-0.2, 0) is 17.8 Å². The number of carbonyl (C=O) groups excluding carboxylic acids is 2. The van der Waals surface area contributed by atoms with E-state index in [4.69, 9.17) is 0 Å². The molecule has 112 valence electrons. The van der Waals surface area contributed by atoms with Crippen molar-refractivity contribution in [2.75, 3.05) is 6.54 Å². The van der Waals surface area contributed by atoms with Crippen LogP contribution in [0.3, 0.4) is 0 Å². The standard InChI is InChI=1S/C13H16N4O3S/c1-3-8-5-9-11(21-8)15-7-17(12(9)19)6-10(18)16-13(20)14-4-2/h5,7H,3-4,6H2,1-2H3,(H2,14,16,18,20). The number of carbonyl (C=O) groups is 2. The minimum atomic E-state index is -0.576. The predicted octanol–water partition coefficient (Wildman–Crippen LogP) is 0.866. The Balaban J connectivity index is 2.19. The van der Waals surface area contributed by atoms with Gasteiger partial charge in [0.1, 0.15) is 11.4 Å². The fourth-order valence-corrected chi connectivity index (χ4v) is 2.75. The highest BCUT2D eigenvalue weighted by Gasteiger charge is 2.12. The van der Waals surface area contributed by atoms with Crippen LogP contribution in [-0.4, -0.2) is 28.0 Å². The number of rotatable bonds is 4. The molecule has 0 fully saturated rings. The predicted molar refractivity (Wildman–Crippen MR) is 80.5 cm³/mol. The molecule has 0 aliphatic rings. The third-order valence-electron chi connectivity index (χ3n) is 2.82. The highest BCUT2D eigenvalue weighted by molar-refractivity contribution is 7.18. The molecule has 21 heavy (non-hydrogen) atoms. The van der Waals surface area contributed by atoms with Crippen molar-refractivity contribution in [3.63, 3.8) is 0 Å². The first-order chi connectivity index (χ1) is 10.0. The van der Waals surface area contributed by atoms with Crippen molar-refractivity contribution in [1.29, 1.82) is 0 Å². The Morgan fingerprint density at radius 2 is 2.14 bits per heavy atom. The zero-order valence-electron chi connectivity index (χ0n) is 11.8. The van der Waals surface area contributed by atoms with Crippen molar-refractivity contribution in [1.82, 2.24) is 20.2 Å². The Kier molecular flexibility index (Phi) is 4.69. The third-order valence-corrected chi connectivity index (χ3v) is 4.01. The Bertz CT molecular complexity index is 735. The fourth-order valence-electron chi connectivity index (χ4n) is 1.82. The molecule has 0 saturated heterocycles. The van der Waals surface area contributed by atoms with Crippen LogP contribution in [0.1, 0.15) is 18.7 Å². The summed E-state index contributed by atoms with van der Waals surface area (Å²) >= 11 is 1.47. The Hall–Kier alpha value is -2.22. The third kappa shape index (κ3) is 3.46. The molecule has 0 saturated carbocycles. The van der Waals surface area contributed by atoms with E-state index >= 15 is 0 Å². The number of nitrogens with zero attached hydrogens (tertiary/aromatic N) is 2. The average molecular weight is 308 g/mol. The Morgan fingerprint density at radius 1 is 1.38 bits per heavy atom. The first kappa shape index (κ1) is 15.2. The molecule has 0 unspecified atom stereocenters. The maximum Gasteiger partial charge on any atom is 0.321 e. The van der Waals surface area contributed by atoms with Gasteiger partial charge in [-0.2, -0.15) is 0 Å². The van der Waals surface area contributed by atoms with Gasteiger partial charge in [-0.1, -0.05) is 6.92 Å². The lowest BCUT2D eigenvalue weighted by Crippen LogP contribution is -2.42. The number of aromatic nitrogens is 2. The molecule has 2 aromatic rings. The van der Waals surface area contributed by atoms with E-state index in [-0.39, 0.29) is 12.1 Å². The number of aryl methyl sites for hydroxylation is 1. The highest BCUT2D eigenvalue weighted by Crippen LogP contribution is 2.20. The fraction of sp³-hybridized carbons (Fsp3) is 0.385. The van der Waals surface area contributed by atoms with E-state index in [1.165, 1.54) is 22.2 Å². The second-order valence-corrected chi connectivity index (χ2v) is 5.49. The molecule has 0 aliphatic carbocycles. The second-order valence-electron chi connectivity index (χ2n) is 4.37. The molecule has 0 aromatic carbocycles. The van der Waals surface area contributed by atoms with Crippen molar-refractivity contribution in [2.45, 2.75) is 26.8 Å². The molecule has 0 spiro atoms. The molecule has 0 radical (unpaired) electrons. The first-order valence-corrected chi connectivity index (χ1v) is 7.42. The van der Waals surface area contributed by atoms with Crippen LogP contribution in [0.2, 0.25) is 0 Å². The van der Waals surface area contributed by atoms with Gasteiger partial charge < -0.3 is 5.32 Å². The molecule has 0 atom stereocenters. The molecular weight excluding hydrogens is 292 g/mol. The molecule has 2 heterocycles. The van der Waals surface area contributed by atoms with E-state index in [1.54, 1.807) is 13.0 Å². The number of hydrogen-bond donors (Lipinski definition) is 2. The van der Waals surface area contributed by atoms with Gasteiger partial charge in [-0.25, -0.2) is 9.78 Å². The highest BCUT2D eigenvalue weighted by atomic mass is 32.1. The van der Waals surface area contributed by atoms with Gasteiger partial charge in [0, 0.05) is 11.4 Å². The van der Waals surface area contributed by atoms with Crippen LogP contribution in [0.25, 0.3) is 10.2 Å². The zero-order valence-corrected chi connectivity index (χ0v) is 12.6. The number of hydrogen-bond acceptors (Lipinski definition) is 5. The van der Waals surface area contributed by atoms with Crippen LogP contribution in [0, 0.1) is 0 Å². The van der Waals surface area contributed by atoms with Crippen LogP contribution >= 0.6 is 11.3 Å². The molecule has 2 aromatic heterocycles. The molecule has 3 amide bonds. The minimum absolute atomic E-state index is 0.240. The summed E-state index contributed by atoms with van der Waals surface area (Å²) in [7, 11) is 0. The number of thiophene rings is 1. The van der Waals surface area contributed by atoms with E-state index in [0.29, 0.717) is 16.8 Å². The van der Waals surface area contributed by atoms with Gasteiger partial charge in [-0.05, 0) is 19.4 Å². The lowest BCUT2D eigenvalue weighted by molar-refractivity contribution is -0.120. The normalized spacial score (nSPS) is 10.6. The van der Waals surface area contributed by atoms with Crippen molar-refractivity contribution >= 4 is 33.5 Å². The van der Waals surface area contributed by atoms with Gasteiger partial charge in [0.05, 0.1) is 11.7 Å². The second kappa shape index (κ2) is 6.49. The summed E-state index contributed by atoms with van der Waals surface area (Å²) in [4.78, 5) is 41.1. The molecule has 2 rings (SSSR count). The Morgan fingerprint density at radius 3 is 2.81 bits per heavy atom. The molecular formula is C13H16N4O3S. The molecule has 2 N–H and O–H groups in total. The van der Waals surface area contributed by atoms with E-state index in [1.807, 2.05) is 6.92 Å². The van der Waals surface area contributed by atoms with Crippen molar-refractivity contribution < 1.29 is 9.59 Å². The van der Waals surface area contributed by atoms with Gasteiger partial charge >= 0.3 is 6.03 Å². The summed E-state index contributed by atoms with van der Waals surface area (Å²) in [5.41, 5.74) is -0.276. The average Bonchev–Trinajstić information content (AvgIpc) is 2.86. The quantitative estimate of drug-likeness (QED) is 0.876. The molecule has 8 heteroatoms. The summed E-state index contributed by atoms with van der Waals surface area (Å²) < 4.78 is 1.20. The van der Waals surface area contributed by atoms with E-state index < -0.39 is 11.9 Å². The number of urea groups is 1. The van der Waals surface area contributed by atoms with Gasteiger partial charge in [-0.3, -0.25) is 19.5 Å². The summed E-state index contributed by atoms with van der Waals surface area (Å²) in [6.45, 7) is 3.93. The topological polar surface area (TPSA) is 93.1 Å². The van der Waals surface area contributed by atoms with Crippen molar-refractivity contribution in [3.8, 4) is 0 Å².